The predicted molar refractivity (Wildman–Crippen MR) is 106 cm³/mol. The van der Waals surface area contributed by atoms with Crippen LogP contribution in [0.4, 0.5) is 11.6 Å². The lowest BCUT2D eigenvalue weighted by atomic mass is 10.1. The van der Waals surface area contributed by atoms with Crippen molar-refractivity contribution in [2.75, 3.05) is 36.0 Å². The second-order valence-electron chi connectivity index (χ2n) is 6.56. The highest BCUT2D eigenvalue weighted by Gasteiger charge is 2.19. The van der Waals surface area contributed by atoms with Crippen LogP contribution in [-0.2, 0) is 0 Å². The van der Waals surface area contributed by atoms with Crippen molar-refractivity contribution in [2.24, 2.45) is 0 Å². The Morgan fingerprint density at radius 1 is 0.889 bits per heavy atom. The summed E-state index contributed by atoms with van der Waals surface area (Å²) in [6, 6.07) is 13.5. The van der Waals surface area contributed by atoms with E-state index >= 15 is 0 Å². The molecule has 0 unspecified atom stereocenters. The van der Waals surface area contributed by atoms with Crippen LogP contribution in [0.3, 0.4) is 0 Å². The fourth-order valence-electron chi connectivity index (χ4n) is 3.23. The van der Waals surface area contributed by atoms with Crippen LogP contribution in [0.15, 0.2) is 61.1 Å². The van der Waals surface area contributed by atoms with Crippen molar-refractivity contribution in [2.45, 2.75) is 6.92 Å². The van der Waals surface area contributed by atoms with Gasteiger partial charge >= 0.3 is 0 Å². The van der Waals surface area contributed by atoms with Gasteiger partial charge < -0.3 is 9.80 Å². The molecule has 1 fully saturated rings. The average molecular weight is 359 g/mol. The van der Waals surface area contributed by atoms with Gasteiger partial charge in [0.15, 0.2) is 5.78 Å². The molecule has 6 nitrogen and oxygen atoms in total. The molecule has 1 aromatic carbocycles. The van der Waals surface area contributed by atoms with Crippen molar-refractivity contribution in [3.8, 4) is 11.3 Å². The second kappa shape index (κ2) is 7.53. The number of hydrogen-bond acceptors (Lipinski definition) is 6. The maximum atomic E-state index is 11.4. The molecule has 1 saturated heterocycles. The molecule has 3 aromatic rings. The number of nitrogens with zero attached hydrogens (tertiary/aromatic N) is 5. The molecule has 27 heavy (non-hydrogen) atoms. The van der Waals surface area contributed by atoms with Gasteiger partial charge in [-0.05, 0) is 19.1 Å². The molecule has 6 heteroatoms. The largest absolute Gasteiger partial charge is 0.353 e. The Morgan fingerprint density at radius 2 is 1.59 bits per heavy atom. The van der Waals surface area contributed by atoms with Crippen LogP contribution in [0.2, 0.25) is 0 Å². The van der Waals surface area contributed by atoms with Crippen LogP contribution in [0.5, 0.6) is 0 Å². The highest BCUT2D eigenvalue weighted by atomic mass is 16.1. The number of hydrogen-bond donors (Lipinski definition) is 0. The lowest BCUT2D eigenvalue weighted by Gasteiger charge is -2.35. The SMILES string of the molecule is CC(=O)c1ccc(-c2cncc(N3CCN(c4ccccn4)CC3)n2)cc1. The number of ketones is 1. The molecule has 0 radical (unpaired) electrons. The smallest absolute Gasteiger partial charge is 0.159 e. The van der Waals surface area contributed by atoms with Crippen molar-refractivity contribution in [1.29, 1.82) is 0 Å². The molecule has 1 aliphatic rings. The molecule has 1 aliphatic heterocycles. The summed E-state index contributed by atoms with van der Waals surface area (Å²) in [6.45, 7) is 5.11. The van der Waals surface area contributed by atoms with E-state index in [0.29, 0.717) is 5.56 Å². The van der Waals surface area contributed by atoms with E-state index in [9.17, 15) is 4.79 Å². The Hall–Kier alpha value is -3.28. The number of anilines is 2. The zero-order valence-corrected chi connectivity index (χ0v) is 15.2. The van der Waals surface area contributed by atoms with E-state index in [-0.39, 0.29) is 5.78 Å². The summed E-state index contributed by atoms with van der Waals surface area (Å²) in [5.41, 5.74) is 2.48. The topological polar surface area (TPSA) is 62.2 Å². The van der Waals surface area contributed by atoms with Crippen LogP contribution in [0.25, 0.3) is 11.3 Å². The first-order chi connectivity index (χ1) is 13.2. The monoisotopic (exact) mass is 359 g/mol. The molecular formula is C21H21N5O. The summed E-state index contributed by atoms with van der Waals surface area (Å²) in [5, 5.41) is 0. The normalized spacial score (nSPS) is 14.3. The first-order valence-corrected chi connectivity index (χ1v) is 9.05. The van der Waals surface area contributed by atoms with Gasteiger partial charge in [-0.25, -0.2) is 9.97 Å². The lowest BCUT2D eigenvalue weighted by molar-refractivity contribution is 0.101. The van der Waals surface area contributed by atoms with Gasteiger partial charge in [-0.1, -0.05) is 30.3 Å². The zero-order chi connectivity index (χ0) is 18.6. The molecule has 2 aromatic heterocycles. The molecule has 3 heterocycles. The number of pyridine rings is 1. The highest BCUT2D eigenvalue weighted by Crippen LogP contribution is 2.22. The van der Waals surface area contributed by atoms with E-state index in [4.69, 9.17) is 4.98 Å². The Labute approximate surface area is 158 Å². The minimum atomic E-state index is 0.0622. The Kier molecular flexibility index (Phi) is 4.78. The van der Waals surface area contributed by atoms with Gasteiger partial charge in [0.1, 0.15) is 11.6 Å². The average Bonchev–Trinajstić information content (AvgIpc) is 2.75. The summed E-state index contributed by atoms with van der Waals surface area (Å²) < 4.78 is 0. The summed E-state index contributed by atoms with van der Waals surface area (Å²) in [5.74, 6) is 1.96. The van der Waals surface area contributed by atoms with Gasteiger partial charge in [0, 0.05) is 43.5 Å². The molecule has 0 atom stereocenters. The second-order valence-corrected chi connectivity index (χ2v) is 6.56. The number of Topliss-reactive ketones (excluding diaryl/α,β-unsaturated/α-hetero) is 1. The minimum absolute atomic E-state index is 0.0622. The first-order valence-electron chi connectivity index (χ1n) is 9.05. The maximum absolute atomic E-state index is 11.4. The van der Waals surface area contributed by atoms with Gasteiger partial charge in [-0.2, -0.15) is 0 Å². The Balaban J connectivity index is 1.47. The van der Waals surface area contributed by atoms with Crippen molar-refractivity contribution in [3.63, 3.8) is 0 Å². The van der Waals surface area contributed by atoms with E-state index < -0.39 is 0 Å². The third-order valence-electron chi connectivity index (χ3n) is 4.79. The number of piperazine rings is 1. The number of carbonyl (C=O) groups excluding carboxylic acids is 1. The summed E-state index contributed by atoms with van der Waals surface area (Å²) in [7, 11) is 0. The number of rotatable bonds is 4. The molecule has 136 valence electrons. The minimum Gasteiger partial charge on any atom is -0.353 e. The Morgan fingerprint density at radius 3 is 2.22 bits per heavy atom. The Bertz CT molecular complexity index is 919. The number of benzene rings is 1. The standard InChI is InChI=1S/C21H21N5O/c1-16(27)17-5-7-18(8-6-17)19-14-22-15-21(24-19)26-12-10-25(11-13-26)20-4-2-3-9-23-20/h2-9,14-15H,10-13H2,1H3. The molecule has 0 saturated carbocycles. The van der Waals surface area contributed by atoms with Gasteiger partial charge in [-0.3, -0.25) is 9.78 Å². The fraction of sp³-hybridized carbons (Fsp3) is 0.238. The van der Waals surface area contributed by atoms with Crippen molar-refractivity contribution < 1.29 is 4.79 Å². The summed E-state index contributed by atoms with van der Waals surface area (Å²) in [4.78, 5) is 29.6. The van der Waals surface area contributed by atoms with E-state index in [1.807, 2.05) is 54.9 Å². The third-order valence-corrected chi connectivity index (χ3v) is 4.79. The first kappa shape index (κ1) is 17.1. The van der Waals surface area contributed by atoms with Gasteiger partial charge in [0.05, 0.1) is 18.1 Å². The fourth-order valence-corrected chi connectivity index (χ4v) is 3.23. The van der Waals surface area contributed by atoms with Gasteiger partial charge in [0.2, 0.25) is 0 Å². The lowest BCUT2D eigenvalue weighted by Crippen LogP contribution is -2.47. The van der Waals surface area contributed by atoms with Gasteiger partial charge in [-0.15, -0.1) is 0 Å². The molecule has 0 amide bonds. The number of aromatic nitrogens is 3. The quantitative estimate of drug-likeness (QED) is 0.667. The zero-order valence-electron chi connectivity index (χ0n) is 15.2. The summed E-state index contributed by atoms with van der Waals surface area (Å²) >= 11 is 0. The molecule has 0 bridgehead atoms. The van der Waals surface area contributed by atoms with Crippen molar-refractivity contribution in [1.82, 2.24) is 15.0 Å². The van der Waals surface area contributed by atoms with E-state index in [1.54, 1.807) is 13.1 Å². The highest BCUT2D eigenvalue weighted by molar-refractivity contribution is 5.94. The maximum Gasteiger partial charge on any atom is 0.159 e. The van der Waals surface area contributed by atoms with Crippen molar-refractivity contribution >= 4 is 17.4 Å². The molecular weight excluding hydrogens is 338 g/mol. The van der Waals surface area contributed by atoms with E-state index in [1.165, 1.54) is 0 Å². The summed E-state index contributed by atoms with van der Waals surface area (Å²) in [6.07, 6.45) is 5.40. The number of carbonyl (C=O) groups is 1. The molecule has 0 aliphatic carbocycles. The predicted octanol–water partition coefficient (Wildman–Crippen LogP) is 3.07. The van der Waals surface area contributed by atoms with Crippen LogP contribution in [0, 0.1) is 0 Å². The molecule has 4 rings (SSSR count). The van der Waals surface area contributed by atoms with Crippen molar-refractivity contribution in [3.05, 3.63) is 66.6 Å². The van der Waals surface area contributed by atoms with Crippen LogP contribution in [-0.4, -0.2) is 46.9 Å². The van der Waals surface area contributed by atoms with E-state index in [2.05, 4.69) is 19.8 Å². The molecule has 0 N–H and O–H groups in total. The van der Waals surface area contributed by atoms with Gasteiger partial charge in [0.25, 0.3) is 0 Å². The van der Waals surface area contributed by atoms with Crippen LogP contribution in [0.1, 0.15) is 17.3 Å². The van der Waals surface area contributed by atoms with Crippen LogP contribution < -0.4 is 9.80 Å². The van der Waals surface area contributed by atoms with Crippen LogP contribution >= 0.6 is 0 Å². The molecule has 0 spiro atoms. The third kappa shape index (κ3) is 3.79. The van der Waals surface area contributed by atoms with E-state index in [0.717, 1.165) is 49.1 Å².